The normalized spacial score (nSPS) is 9.27. The Hall–Kier alpha value is -0.550. The average molecular weight is 222 g/mol. The Morgan fingerprint density at radius 2 is 2.36 bits per heavy atom. The van der Waals surface area contributed by atoms with E-state index >= 15 is 0 Å². The summed E-state index contributed by atoms with van der Waals surface area (Å²) in [5, 5.41) is 12.6. The van der Waals surface area contributed by atoms with Crippen molar-refractivity contribution < 1.29 is 5.21 Å². The van der Waals surface area contributed by atoms with E-state index in [-0.39, 0.29) is 17.0 Å². The first-order chi connectivity index (χ1) is 4.77. The Morgan fingerprint density at radius 3 is 2.73 bits per heavy atom. The molecule has 1 rings (SSSR count). The molecular weight excluding hydrogens is 210 g/mol. The summed E-state index contributed by atoms with van der Waals surface area (Å²) >= 11 is 0. The van der Waals surface area contributed by atoms with Crippen LogP contribution in [0.5, 0.6) is 0 Å². The second-order valence-corrected chi connectivity index (χ2v) is 2.08. The molecule has 4 nitrogen and oxygen atoms in total. The lowest BCUT2D eigenvalue weighted by molar-refractivity contribution is 0.147. The molecule has 0 amide bonds. The van der Waals surface area contributed by atoms with Crippen molar-refractivity contribution in [3.63, 3.8) is 0 Å². The standard InChI is InChI=1S/C6H11N3O.BrH/c1-2-6-5(3-7)4-9(10)8-6;/h4,10H,2-3,7H2,1H3;1H. The Morgan fingerprint density at radius 1 is 1.73 bits per heavy atom. The highest BCUT2D eigenvalue weighted by atomic mass is 79.9. The van der Waals surface area contributed by atoms with E-state index in [1.165, 1.54) is 6.20 Å². The molecule has 64 valence electrons. The van der Waals surface area contributed by atoms with Crippen LogP contribution in [0.2, 0.25) is 0 Å². The highest BCUT2D eigenvalue weighted by Gasteiger charge is 2.03. The van der Waals surface area contributed by atoms with Crippen molar-refractivity contribution in [2.75, 3.05) is 0 Å². The molecule has 1 aromatic heterocycles. The largest absolute Gasteiger partial charge is 0.412 e. The molecule has 0 saturated heterocycles. The molecule has 11 heavy (non-hydrogen) atoms. The van der Waals surface area contributed by atoms with Crippen molar-refractivity contribution in [2.24, 2.45) is 5.73 Å². The lowest BCUT2D eigenvalue weighted by Crippen LogP contribution is -1.97. The molecular formula is C6H12BrN3O. The predicted molar refractivity (Wildman–Crippen MR) is 47.0 cm³/mol. The summed E-state index contributed by atoms with van der Waals surface area (Å²) in [6.45, 7) is 2.41. The van der Waals surface area contributed by atoms with Gasteiger partial charge in [0.05, 0.1) is 11.9 Å². The van der Waals surface area contributed by atoms with Crippen LogP contribution in [0.3, 0.4) is 0 Å². The van der Waals surface area contributed by atoms with Crippen LogP contribution in [0, 0.1) is 0 Å². The summed E-state index contributed by atoms with van der Waals surface area (Å²) in [7, 11) is 0. The number of hydrogen-bond acceptors (Lipinski definition) is 3. The molecule has 1 aromatic rings. The van der Waals surface area contributed by atoms with Crippen LogP contribution in [-0.2, 0) is 13.0 Å². The zero-order chi connectivity index (χ0) is 7.56. The summed E-state index contributed by atoms with van der Waals surface area (Å²) in [5.41, 5.74) is 7.15. The molecule has 0 spiro atoms. The number of aryl methyl sites for hydroxylation is 1. The first kappa shape index (κ1) is 10.4. The van der Waals surface area contributed by atoms with Crippen LogP contribution in [0.1, 0.15) is 18.2 Å². The molecule has 0 atom stereocenters. The lowest BCUT2D eigenvalue weighted by atomic mass is 10.2. The van der Waals surface area contributed by atoms with E-state index in [1.54, 1.807) is 0 Å². The summed E-state index contributed by atoms with van der Waals surface area (Å²) in [4.78, 5) is 0.807. The molecule has 0 bridgehead atoms. The van der Waals surface area contributed by atoms with Crippen LogP contribution >= 0.6 is 17.0 Å². The van der Waals surface area contributed by atoms with E-state index in [4.69, 9.17) is 10.9 Å². The van der Waals surface area contributed by atoms with Crippen molar-refractivity contribution in [1.82, 2.24) is 9.94 Å². The highest BCUT2D eigenvalue weighted by Crippen LogP contribution is 2.04. The fraction of sp³-hybridized carbons (Fsp3) is 0.500. The first-order valence-electron chi connectivity index (χ1n) is 3.24. The van der Waals surface area contributed by atoms with E-state index in [2.05, 4.69) is 5.10 Å². The minimum Gasteiger partial charge on any atom is -0.412 e. The Bertz CT molecular complexity index is 202. The molecule has 0 fully saturated rings. The van der Waals surface area contributed by atoms with Gasteiger partial charge in [-0.05, 0) is 6.42 Å². The minimum atomic E-state index is 0. The molecule has 0 aromatic carbocycles. The van der Waals surface area contributed by atoms with Crippen LogP contribution in [0.4, 0.5) is 0 Å². The monoisotopic (exact) mass is 221 g/mol. The van der Waals surface area contributed by atoms with Gasteiger partial charge in [-0.15, -0.1) is 26.9 Å². The fourth-order valence-corrected chi connectivity index (χ4v) is 0.899. The Kier molecular flexibility index (Phi) is 4.14. The number of aromatic nitrogens is 2. The highest BCUT2D eigenvalue weighted by molar-refractivity contribution is 8.93. The van der Waals surface area contributed by atoms with Crippen LogP contribution in [0.15, 0.2) is 6.20 Å². The third-order valence-electron chi connectivity index (χ3n) is 1.42. The molecule has 0 aliphatic rings. The first-order valence-corrected chi connectivity index (χ1v) is 3.24. The van der Waals surface area contributed by atoms with E-state index in [1.807, 2.05) is 6.92 Å². The second-order valence-electron chi connectivity index (χ2n) is 2.08. The predicted octanol–water partition coefficient (Wildman–Crippen LogP) is 0.719. The SMILES string of the molecule is Br.CCc1nn(O)cc1CN. The van der Waals surface area contributed by atoms with Gasteiger partial charge in [-0.2, -0.15) is 0 Å². The Balaban J connectivity index is 0.000001000. The van der Waals surface area contributed by atoms with Gasteiger partial charge >= 0.3 is 0 Å². The van der Waals surface area contributed by atoms with Gasteiger partial charge in [-0.25, -0.2) is 0 Å². The van der Waals surface area contributed by atoms with E-state index < -0.39 is 0 Å². The van der Waals surface area contributed by atoms with Crippen LogP contribution in [-0.4, -0.2) is 15.2 Å². The molecule has 0 aliphatic carbocycles. The molecule has 3 N–H and O–H groups in total. The topological polar surface area (TPSA) is 64.1 Å². The minimum absolute atomic E-state index is 0. The van der Waals surface area contributed by atoms with Crippen LogP contribution in [0.25, 0.3) is 0 Å². The molecule has 0 saturated carbocycles. The molecule has 0 aliphatic heterocycles. The van der Waals surface area contributed by atoms with Gasteiger partial charge in [0, 0.05) is 12.1 Å². The van der Waals surface area contributed by atoms with Gasteiger partial charge < -0.3 is 10.9 Å². The third kappa shape index (κ3) is 2.20. The maximum atomic E-state index is 8.85. The lowest BCUT2D eigenvalue weighted by Gasteiger charge is -1.90. The van der Waals surface area contributed by atoms with Crippen molar-refractivity contribution in [3.8, 4) is 0 Å². The van der Waals surface area contributed by atoms with Crippen molar-refractivity contribution in [1.29, 1.82) is 0 Å². The maximum Gasteiger partial charge on any atom is 0.0712 e. The molecule has 1 heterocycles. The second kappa shape index (κ2) is 4.35. The number of rotatable bonds is 2. The number of halogens is 1. The zero-order valence-corrected chi connectivity index (χ0v) is 8.03. The van der Waals surface area contributed by atoms with Gasteiger partial charge in [0.1, 0.15) is 0 Å². The van der Waals surface area contributed by atoms with Crippen LogP contribution < -0.4 is 5.73 Å². The molecule has 0 radical (unpaired) electrons. The van der Waals surface area contributed by atoms with Gasteiger partial charge in [0.2, 0.25) is 0 Å². The third-order valence-corrected chi connectivity index (χ3v) is 1.42. The van der Waals surface area contributed by atoms with Gasteiger partial charge in [0.25, 0.3) is 0 Å². The number of hydrogen-bond donors (Lipinski definition) is 2. The number of nitrogens with zero attached hydrogens (tertiary/aromatic N) is 2. The zero-order valence-electron chi connectivity index (χ0n) is 6.32. The van der Waals surface area contributed by atoms with Gasteiger partial charge in [0.15, 0.2) is 0 Å². The Labute approximate surface area is 75.7 Å². The summed E-state index contributed by atoms with van der Waals surface area (Å²) in [6, 6.07) is 0. The number of nitrogens with two attached hydrogens (primary N) is 1. The smallest absolute Gasteiger partial charge is 0.0712 e. The average Bonchev–Trinajstić information content (AvgIpc) is 2.30. The summed E-state index contributed by atoms with van der Waals surface area (Å²) in [5.74, 6) is 0. The van der Waals surface area contributed by atoms with E-state index in [0.29, 0.717) is 6.54 Å². The summed E-state index contributed by atoms with van der Waals surface area (Å²) in [6.07, 6.45) is 2.33. The van der Waals surface area contributed by atoms with Gasteiger partial charge in [-0.3, -0.25) is 0 Å². The maximum absolute atomic E-state index is 8.85. The quantitative estimate of drug-likeness (QED) is 0.724. The van der Waals surface area contributed by atoms with Crippen molar-refractivity contribution in [3.05, 3.63) is 17.5 Å². The summed E-state index contributed by atoms with van der Waals surface area (Å²) < 4.78 is 0. The van der Waals surface area contributed by atoms with Crippen molar-refractivity contribution >= 4 is 17.0 Å². The fourth-order valence-electron chi connectivity index (χ4n) is 0.899. The van der Waals surface area contributed by atoms with E-state index in [9.17, 15) is 0 Å². The molecule has 0 unspecified atom stereocenters. The van der Waals surface area contributed by atoms with Crippen molar-refractivity contribution in [2.45, 2.75) is 19.9 Å². The van der Waals surface area contributed by atoms with Gasteiger partial charge in [-0.1, -0.05) is 6.92 Å². The van der Waals surface area contributed by atoms with E-state index in [0.717, 1.165) is 22.5 Å². The molecule has 5 heteroatoms.